The van der Waals surface area contributed by atoms with Gasteiger partial charge in [-0.25, -0.2) is 4.98 Å². The lowest BCUT2D eigenvalue weighted by molar-refractivity contribution is 0.0105. The Balaban J connectivity index is 1.66. The number of nitrogens with zero attached hydrogens (tertiary/aromatic N) is 1. The van der Waals surface area contributed by atoms with Gasteiger partial charge in [0.15, 0.2) is 0 Å². The third kappa shape index (κ3) is 1.93. The molecule has 5 heteroatoms. The zero-order chi connectivity index (χ0) is 13.0. The van der Waals surface area contributed by atoms with Gasteiger partial charge in [-0.15, -0.1) is 0 Å². The topological polar surface area (TPSA) is 57.8 Å². The van der Waals surface area contributed by atoms with Crippen molar-refractivity contribution in [2.75, 3.05) is 5.32 Å². The lowest BCUT2D eigenvalue weighted by atomic mass is 9.53. The van der Waals surface area contributed by atoms with Crippen molar-refractivity contribution in [2.45, 2.75) is 44.1 Å². The van der Waals surface area contributed by atoms with Crippen LogP contribution in [0.3, 0.4) is 0 Å². The fourth-order valence-electron chi connectivity index (χ4n) is 4.99. The van der Waals surface area contributed by atoms with Crippen molar-refractivity contribution in [1.29, 1.82) is 0 Å². The van der Waals surface area contributed by atoms with Crippen molar-refractivity contribution >= 4 is 21.7 Å². The fraction of sp³-hybridized carbons (Fsp3) is 0.714. The molecular weight excluding hydrogens is 306 g/mol. The van der Waals surface area contributed by atoms with E-state index in [0.717, 1.165) is 17.8 Å². The number of nitrogens with one attached hydrogen (secondary N) is 2. The normalized spacial score (nSPS) is 39.5. The average Bonchev–Trinajstić information content (AvgIpc) is 2.33. The summed E-state index contributed by atoms with van der Waals surface area (Å²) in [6.45, 7) is 0. The Bertz CT molecular complexity index is 533. The van der Waals surface area contributed by atoms with Gasteiger partial charge in [0.25, 0.3) is 5.56 Å². The number of anilines is 1. The van der Waals surface area contributed by atoms with Crippen molar-refractivity contribution in [1.82, 2.24) is 9.97 Å². The van der Waals surface area contributed by atoms with Crippen LogP contribution in [0, 0.1) is 17.8 Å². The minimum absolute atomic E-state index is 0.109. The lowest BCUT2D eigenvalue weighted by Crippen LogP contribution is -2.55. The van der Waals surface area contributed by atoms with E-state index in [-0.39, 0.29) is 11.1 Å². The summed E-state index contributed by atoms with van der Waals surface area (Å²) < 4.78 is 0.533. The van der Waals surface area contributed by atoms with E-state index in [1.54, 1.807) is 0 Å². The van der Waals surface area contributed by atoms with Gasteiger partial charge in [-0.2, -0.15) is 0 Å². The molecule has 0 unspecified atom stereocenters. The maximum absolute atomic E-state index is 11.6. The van der Waals surface area contributed by atoms with E-state index in [1.807, 2.05) is 0 Å². The first-order valence-electron chi connectivity index (χ1n) is 7.15. The monoisotopic (exact) mass is 323 g/mol. The second-order valence-electron chi connectivity index (χ2n) is 6.72. The molecule has 4 bridgehead atoms. The molecule has 4 nitrogen and oxygen atoms in total. The van der Waals surface area contributed by atoms with E-state index in [1.165, 1.54) is 44.9 Å². The van der Waals surface area contributed by atoms with Gasteiger partial charge >= 0.3 is 0 Å². The molecule has 0 saturated heterocycles. The number of hydrogen-bond acceptors (Lipinski definition) is 3. The van der Waals surface area contributed by atoms with Gasteiger partial charge in [-0.1, -0.05) is 0 Å². The molecule has 4 aliphatic carbocycles. The highest BCUT2D eigenvalue weighted by atomic mass is 79.9. The maximum Gasteiger partial charge on any atom is 0.267 e. The first-order valence-corrected chi connectivity index (χ1v) is 7.94. The number of aromatic amines is 1. The Hall–Kier alpha value is -0.840. The Morgan fingerprint density at radius 2 is 1.79 bits per heavy atom. The van der Waals surface area contributed by atoms with Gasteiger partial charge < -0.3 is 10.3 Å². The average molecular weight is 324 g/mol. The molecule has 4 fully saturated rings. The standard InChI is InChI=1S/C14H18BrN3O/c15-11-12(16-7-17-13(11)19)18-14-4-8-1-9(5-14)3-10(2-8)6-14/h7-10H,1-6H2,(H2,16,17,18,19). The van der Waals surface area contributed by atoms with Crippen LogP contribution in [0.1, 0.15) is 38.5 Å². The van der Waals surface area contributed by atoms with Crippen LogP contribution in [0.15, 0.2) is 15.6 Å². The Labute approximate surface area is 120 Å². The maximum atomic E-state index is 11.6. The number of halogens is 1. The SMILES string of the molecule is O=c1[nH]cnc(NC23CC4CC(CC(C4)C2)C3)c1Br. The van der Waals surface area contributed by atoms with E-state index in [0.29, 0.717) is 10.3 Å². The molecule has 2 N–H and O–H groups in total. The highest BCUT2D eigenvalue weighted by molar-refractivity contribution is 9.10. The Morgan fingerprint density at radius 3 is 2.37 bits per heavy atom. The lowest BCUT2D eigenvalue weighted by Gasteiger charge is -2.57. The predicted molar refractivity (Wildman–Crippen MR) is 77.1 cm³/mol. The van der Waals surface area contributed by atoms with Crippen LogP contribution in [-0.2, 0) is 0 Å². The van der Waals surface area contributed by atoms with Crippen LogP contribution in [-0.4, -0.2) is 15.5 Å². The zero-order valence-corrected chi connectivity index (χ0v) is 12.4. The molecule has 0 aromatic carbocycles. The van der Waals surface area contributed by atoms with Crippen molar-refractivity contribution < 1.29 is 0 Å². The van der Waals surface area contributed by atoms with Crippen molar-refractivity contribution in [3.63, 3.8) is 0 Å². The Morgan fingerprint density at radius 1 is 1.21 bits per heavy atom. The van der Waals surface area contributed by atoms with Crippen LogP contribution in [0.2, 0.25) is 0 Å². The molecule has 1 aromatic heterocycles. The molecule has 0 amide bonds. The summed E-state index contributed by atoms with van der Waals surface area (Å²) in [5.74, 6) is 3.38. The highest BCUT2D eigenvalue weighted by Gasteiger charge is 2.51. The molecule has 0 aliphatic heterocycles. The number of aromatic nitrogens is 2. The molecule has 1 heterocycles. The van der Waals surface area contributed by atoms with Gasteiger partial charge in [-0.05, 0) is 72.2 Å². The largest absolute Gasteiger partial charge is 0.363 e. The molecule has 102 valence electrons. The van der Waals surface area contributed by atoms with E-state index < -0.39 is 0 Å². The van der Waals surface area contributed by atoms with Crippen LogP contribution < -0.4 is 10.9 Å². The summed E-state index contributed by atoms with van der Waals surface area (Å²) >= 11 is 3.35. The first-order chi connectivity index (χ1) is 9.13. The van der Waals surface area contributed by atoms with Gasteiger partial charge in [0.1, 0.15) is 10.3 Å². The molecule has 4 saturated carbocycles. The minimum Gasteiger partial charge on any atom is -0.363 e. The third-order valence-corrected chi connectivity index (χ3v) is 5.95. The molecule has 19 heavy (non-hydrogen) atoms. The molecular formula is C14H18BrN3O. The number of hydrogen-bond donors (Lipinski definition) is 2. The summed E-state index contributed by atoms with van der Waals surface area (Å²) in [5, 5.41) is 3.62. The Kier molecular flexibility index (Phi) is 2.56. The molecule has 0 radical (unpaired) electrons. The van der Waals surface area contributed by atoms with Crippen LogP contribution in [0.4, 0.5) is 5.82 Å². The van der Waals surface area contributed by atoms with Gasteiger partial charge in [-0.3, -0.25) is 4.79 Å². The summed E-state index contributed by atoms with van der Waals surface area (Å²) in [7, 11) is 0. The summed E-state index contributed by atoms with van der Waals surface area (Å²) in [6.07, 6.45) is 9.50. The highest BCUT2D eigenvalue weighted by Crippen LogP contribution is 2.56. The summed E-state index contributed by atoms with van der Waals surface area (Å²) in [5.41, 5.74) is 0.0835. The second kappa shape index (κ2) is 4.08. The molecule has 0 atom stereocenters. The van der Waals surface area contributed by atoms with Gasteiger partial charge in [0, 0.05) is 5.54 Å². The quantitative estimate of drug-likeness (QED) is 0.879. The third-order valence-electron chi connectivity index (χ3n) is 5.22. The molecule has 1 aromatic rings. The van der Waals surface area contributed by atoms with Crippen LogP contribution in [0.25, 0.3) is 0 Å². The summed E-state index contributed by atoms with van der Waals surface area (Å²) in [6, 6.07) is 0. The second-order valence-corrected chi connectivity index (χ2v) is 7.51. The summed E-state index contributed by atoms with van der Waals surface area (Å²) in [4.78, 5) is 18.5. The smallest absolute Gasteiger partial charge is 0.267 e. The number of rotatable bonds is 2. The molecule has 4 aliphatic rings. The molecule has 5 rings (SSSR count). The predicted octanol–water partition coefficient (Wildman–Crippen LogP) is 2.91. The van der Waals surface area contributed by atoms with E-state index in [2.05, 4.69) is 31.2 Å². The van der Waals surface area contributed by atoms with Gasteiger partial charge in [0.2, 0.25) is 0 Å². The zero-order valence-electron chi connectivity index (χ0n) is 10.8. The van der Waals surface area contributed by atoms with E-state index in [4.69, 9.17) is 0 Å². The van der Waals surface area contributed by atoms with E-state index >= 15 is 0 Å². The minimum atomic E-state index is -0.109. The van der Waals surface area contributed by atoms with E-state index in [9.17, 15) is 4.79 Å². The van der Waals surface area contributed by atoms with Crippen molar-refractivity contribution in [2.24, 2.45) is 17.8 Å². The van der Waals surface area contributed by atoms with Gasteiger partial charge in [0.05, 0.1) is 6.33 Å². The molecule has 0 spiro atoms. The van der Waals surface area contributed by atoms with Crippen molar-refractivity contribution in [3.05, 3.63) is 21.2 Å². The van der Waals surface area contributed by atoms with Crippen LogP contribution in [0.5, 0.6) is 0 Å². The fourth-order valence-corrected chi connectivity index (χ4v) is 5.30. The van der Waals surface area contributed by atoms with Crippen LogP contribution >= 0.6 is 15.9 Å². The number of H-pyrrole nitrogens is 1. The first kappa shape index (κ1) is 11.9. The van der Waals surface area contributed by atoms with Crippen molar-refractivity contribution in [3.8, 4) is 0 Å².